The molecule has 0 aliphatic heterocycles. The smallest absolute Gasteiger partial charge is 0.298 e. The van der Waals surface area contributed by atoms with Gasteiger partial charge in [0.25, 0.3) is 11.7 Å². The first-order valence-electron chi connectivity index (χ1n) is 8.27. The number of carbonyl (C=O) groups is 2. The highest BCUT2D eigenvalue weighted by Gasteiger charge is 2.20. The number of aryl methyl sites for hydroxylation is 2. The van der Waals surface area contributed by atoms with E-state index in [1.54, 1.807) is 29.0 Å². The van der Waals surface area contributed by atoms with Crippen LogP contribution in [0.2, 0.25) is 0 Å². The van der Waals surface area contributed by atoms with Crippen LogP contribution < -0.4 is 5.32 Å². The first-order valence-corrected chi connectivity index (χ1v) is 8.27. The van der Waals surface area contributed by atoms with Crippen molar-refractivity contribution in [2.75, 3.05) is 5.32 Å². The number of benzene rings is 2. The van der Waals surface area contributed by atoms with Gasteiger partial charge < -0.3 is 9.88 Å². The van der Waals surface area contributed by atoms with Crippen LogP contribution in [0, 0.1) is 19.7 Å². The Balaban J connectivity index is 1.78. The SMILES string of the molecule is Cc1ccc(Cn2cccc2C(=O)C(=O)Nc2ccccc2F)cc1C. The van der Waals surface area contributed by atoms with E-state index in [1.165, 1.54) is 29.3 Å². The summed E-state index contributed by atoms with van der Waals surface area (Å²) in [5.74, 6) is -2.16. The normalized spacial score (nSPS) is 10.6. The number of nitrogens with zero attached hydrogens (tertiary/aromatic N) is 1. The summed E-state index contributed by atoms with van der Waals surface area (Å²) in [7, 11) is 0. The van der Waals surface area contributed by atoms with Gasteiger partial charge in [-0.15, -0.1) is 0 Å². The fraction of sp³-hybridized carbons (Fsp3) is 0.143. The van der Waals surface area contributed by atoms with Gasteiger partial charge in [0.05, 0.1) is 11.4 Å². The minimum absolute atomic E-state index is 0.0156. The Hall–Kier alpha value is -3.21. The molecule has 0 unspecified atom stereocenters. The van der Waals surface area contributed by atoms with Crippen LogP contribution in [-0.2, 0) is 11.3 Å². The second kappa shape index (κ2) is 7.35. The quantitative estimate of drug-likeness (QED) is 0.556. The number of carbonyl (C=O) groups excluding carboxylic acids is 2. The zero-order valence-electron chi connectivity index (χ0n) is 14.6. The van der Waals surface area contributed by atoms with Gasteiger partial charge in [-0.25, -0.2) is 4.39 Å². The fourth-order valence-corrected chi connectivity index (χ4v) is 2.71. The molecule has 0 spiro atoms. The first-order chi connectivity index (χ1) is 12.5. The molecule has 0 radical (unpaired) electrons. The highest BCUT2D eigenvalue weighted by Crippen LogP contribution is 2.15. The van der Waals surface area contributed by atoms with Gasteiger partial charge in [0, 0.05) is 12.7 Å². The Morgan fingerprint density at radius 2 is 1.77 bits per heavy atom. The molecule has 0 fully saturated rings. The van der Waals surface area contributed by atoms with Crippen LogP contribution in [0.1, 0.15) is 27.2 Å². The lowest BCUT2D eigenvalue weighted by atomic mass is 10.1. The third kappa shape index (κ3) is 3.72. The molecule has 26 heavy (non-hydrogen) atoms. The van der Waals surface area contributed by atoms with E-state index >= 15 is 0 Å². The minimum atomic E-state index is -0.866. The third-order valence-corrected chi connectivity index (χ3v) is 4.31. The van der Waals surface area contributed by atoms with Gasteiger partial charge in [0.15, 0.2) is 0 Å². The summed E-state index contributed by atoms with van der Waals surface area (Å²) < 4.78 is 15.4. The predicted molar refractivity (Wildman–Crippen MR) is 98.8 cm³/mol. The first kappa shape index (κ1) is 17.6. The molecular formula is C21H19FN2O2. The molecular weight excluding hydrogens is 331 g/mol. The van der Waals surface area contributed by atoms with E-state index in [-0.39, 0.29) is 11.4 Å². The van der Waals surface area contributed by atoms with E-state index in [0.29, 0.717) is 6.54 Å². The van der Waals surface area contributed by atoms with Crippen LogP contribution in [0.3, 0.4) is 0 Å². The lowest BCUT2D eigenvalue weighted by Gasteiger charge is -2.11. The largest absolute Gasteiger partial charge is 0.340 e. The third-order valence-electron chi connectivity index (χ3n) is 4.31. The van der Waals surface area contributed by atoms with Crippen LogP contribution >= 0.6 is 0 Å². The van der Waals surface area contributed by atoms with E-state index < -0.39 is 17.5 Å². The molecule has 1 amide bonds. The molecule has 0 aliphatic carbocycles. The maximum absolute atomic E-state index is 13.7. The molecule has 0 bridgehead atoms. The van der Waals surface area contributed by atoms with Crippen molar-refractivity contribution in [3.8, 4) is 0 Å². The number of hydrogen-bond donors (Lipinski definition) is 1. The average Bonchev–Trinajstić information content (AvgIpc) is 3.07. The molecule has 5 heteroatoms. The van der Waals surface area contributed by atoms with Gasteiger partial charge in [-0.2, -0.15) is 0 Å². The van der Waals surface area contributed by atoms with Crippen molar-refractivity contribution in [3.63, 3.8) is 0 Å². The molecule has 2 aromatic carbocycles. The zero-order valence-corrected chi connectivity index (χ0v) is 14.6. The molecule has 1 heterocycles. The molecule has 0 saturated heterocycles. The number of halogens is 1. The van der Waals surface area contributed by atoms with Crippen molar-refractivity contribution in [1.29, 1.82) is 0 Å². The number of hydrogen-bond acceptors (Lipinski definition) is 2. The summed E-state index contributed by atoms with van der Waals surface area (Å²) in [5, 5.41) is 2.33. The van der Waals surface area contributed by atoms with Gasteiger partial charge in [-0.1, -0.05) is 30.3 Å². The average molecular weight is 350 g/mol. The summed E-state index contributed by atoms with van der Waals surface area (Å²) in [5.41, 5.74) is 3.64. The van der Waals surface area contributed by atoms with Gasteiger partial charge in [-0.05, 0) is 54.8 Å². The van der Waals surface area contributed by atoms with Gasteiger partial charge in [-0.3, -0.25) is 9.59 Å². The van der Waals surface area contributed by atoms with Crippen LogP contribution in [0.5, 0.6) is 0 Å². The molecule has 0 saturated carbocycles. The summed E-state index contributed by atoms with van der Waals surface area (Å²) in [6, 6.07) is 15.1. The summed E-state index contributed by atoms with van der Waals surface area (Å²) >= 11 is 0. The molecule has 0 aliphatic rings. The van der Waals surface area contributed by atoms with Crippen molar-refractivity contribution in [3.05, 3.63) is 89.0 Å². The van der Waals surface area contributed by atoms with Crippen LogP contribution in [-0.4, -0.2) is 16.3 Å². The fourth-order valence-electron chi connectivity index (χ4n) is 2.71. The highest BCUT2D eigenvalue weighted by atomic mass is 19.1. The zero-order chi connectivity index (χ0) is 18.7. The van der Waals surface area contributed by atoms with E-state index in [2.05, 4.69) is 11.4 Å². The Kier molecular flexibility index (Phi) is 4.98. The van der Waals surface area contributed by atoms with E-state index in [1.807, 2.05) is 26.0 Å². The molecule has 1 N–H and O–H groups in total. The predicted octanol–water partition coefficient (Wildman–Crippen LogP) is 4.11. The number of ketones is 1. The number of amides is 1. The number of rotatable bonds is 5. The van der Waals surface area contributed by atoms with E-state index in [0.717, 1.165) is 5.56 Å². The molecule has 132 valence electrons. The number of nitrogens with one attached hydrogen (secondary N) is 1. The van der Waals surface area contributed by atoms with Gasteiger partial charge >= 0.3 is 0 Å². The second-order valence-electron chi connectivity index (χ2n) is 6.20. The van der Waals surface area contributed by atoms with Crippen LogP contribution in [0.25, 0.3) is 0 Å². The Morgan fingerprint density at radius 3 is 2.50 bits per heavy atom. The topological polar surface area (TPSA) is 51.1 Å². The summed E-state index contributed by atoms with van der Waals surface area (Å²) in [4.78, 5) is 24.7. The van der Waals surface area contributed by atoms with Crippen LogP contribution in [0.15, 0.2) is 60.8 Å². The maximum atomic E-state index is 13.7. The lowest BCUT2D eigenvalue weighted by molar-refractivity contribution is -0.112. The standard InChI is InChI=1S/C21H19FN2O2/c1-14-9-10-16(12-15(14)2)13-24-11-5-8-19(24)20(25)21(26)23-18-7-4-3-6-17(18)22/h3-12H,13H2,1-2H3,(H,23,26). The molecule has 3 rings (SSSR count). The summed E-state index contributed by atoms with van der Waals surface area (Å²) in [6.07, 6.45) is 1.75. The van der Waals surface area contributed by atoms with E-state index in [4.69, 9.17) is 0 Å². The highest BCUT2D eigenvalue weighted by molar-refractivity contribution is 6.46. The van der Waals surface area contributed by atoms with Crippen molar-refractivity contribution < 1.29 is 14.0 Å². The van der Waals surface area contributed by atoms with Crippen molar-refractivity contribution >= 4 is 17.4 Å². The van der Waals surface area contributed by atoms with E-state index in [9.17, 15) is 14.0 Å². The number of Topliss-reactive ketones (excluding diaryl/α,β-unsaturated/α-hetero) is 1. The van der Waals surface area contributed by atoms with Gasteiger partial charge in [0.2, 0.25) is 0 Å². The molecule has 0 atom stereocenters. The molecule has 1 aromatic heterocycles. The number of para-hydroxylation sites is 1. The van der Waals surface area contributed by atoms with Gasteiger partial charge in [0.1, 0.15) is 5.82 Å². The molecule has 3 aromatic rings. The van der Waals surface area contributed by atoms with Crippen molar-refractivity contribution in [2.45, 2.75) is 20.4 Å². The number of anilines is 1. The maximum Gasteiger partial charge on any atom is 0.298 e. The Morgan fingerprint density at radius 1 is 1.00 bits per heavy atom. The monoisotopic (exact) mass is 350 g/mol. The minimum Gasteiger partial charge on any atom is -0.340 e. The van der Waals surface area contributed by atoms with Crippen molar-refractivity contribution in [1.82, 2.24) is 4.57 Å². The summed E-state index contributed by atoms with van der Waals surface area (Å²) in [6.45, 7) is 4.54. The second-order valence-corrected chi connectivity index (χ2v) is 6.20. The number of aromatic nitrogens is 1. The Labute approximate surface area is 151 Å². The van der Waals surface area contributed by atoms with Crippen LogP contribution in [0.4, 0.5) is 10.1 Å². The molecule has 4 nitrogen and oxygen atoms in total. The van der Waals surface area contributed by atoms with Crippen molar-refractivity contribution in [2.24, 2.45) is 0 Å². The lowest BCUT2D eigenvalue weighted by Crippen LogP contribution is -2.25. The Bertz CT molecular complexity index is 976.